The lowest BCUT2D eigenvalue weighted by Crippen LogP contribution is -2.31. The summed E-state index contributed by atoms with van der Waals surface area (Å²) < 4.78 is 0. The smallest absolute Gasteiger partial charge is 0.221 e. The molecule has 20 heavy (non-hydrogen) atoms. The number of hydrogen-bond donors (Lipinski definition) is 2. The number of benzene rings is 1. The minimum absolute atomic E-state index is 0.177. The van der Waals surface area contributed by atoms with Gasteiger partial charge >= 0.3 is 0 Å². The van der Waals surface area contributed by atoms with Gasteiger partial charge in [-0.25, -0.2) is 0 Å². The molecule has 0 radical (unpaired) electrons. The van der Waals surface area contributed by atoms with Crippen molar-refractivity contribution in [2.24, 2.45) is 5.92 Å². The Morgan fingerprint density at radius 1 is 1.25 bits per heavy atom. The first-order chi connectivity index (χ1) is 9.65. The average Bonchev–Trinajstić information content (AvgIpc) is 3.22. The van der Waals surface area contributed by atoms with Crippen LogP contribution in [0, 0.1) is 5.92 Å². The summed E-state index contributed by atoms with van der Waals surface area (Å²) in [6.07, 6.45) is 3.96. The van der Waals surface area contributed by atoms with Crippen molar-refractivity contribution in [2.45, 2.75) is 51.6 Å². The maximum absolute atomic E-state index is 11.7. The molecule has 1 unspecified atom stereocenters. The van der Waals surface area contributed by atoms with Crippen LogP contribution in [0.1, 0.15) is 51.1 Å². The third-order valence-electron chi connectivity index (χ3n) is 3.59. The molecule has 1 atom stereocenters. The van der Waals surface area contributed by atoms with Crippen molar-refractivity contribution in [3.8, 4) is 0 Å². The molecule has 0 bridgehead atoms. The van der Waals surface area contributed by atoms with Crippen molar-refractivity contribution in [2.75, 3.05) is 6.54 Å². The summed E-state index contributed by atoms with van der Waals surface area (Å²) in [5, 5.41) is 6.56. The third-order valence-corrected chi connectivity index (χ3v) is 3.59. The maximum Gasteiger partial charge on any atom is 0.221 e. The number of carbonyl (C=O) groups excluding carboxylic acids is 1. The normalized spacial score (nSPS) is 16.1. The summed E-state index contributed by atoms with van der Waals surface area (Å²) in [6.45, 7) is 5.21. The second-order valence-corrected chi connectivity index (χ2v) is 6.14. The van der Waals surface area contributed by atoms with E-state index in [4.69, 9.17) is 0 Å². The molecule has 1 aliphatic carbocycles. The van der Waals surface area contributed by atoms with Crippen LogP contribution >= 0.6 is 0 Å². The van der Waals surface area contributed by atoms with Crippen molar-refractivity contribution < 1.29 is 4.79 Å². The van der Waals surface area contributed by atoms with Gasteiger partial charge in [-0.05, 0) is 30.7 Å². The summed E-state index contributed by atoms with van der Waals surface area (Å²) >= 11 is 0. The highest BCUT2D eigenvalue weighted by atomic mass is 16.1. The molecule has 1 aromatic carbocycles. The Kier molecular flexibility index (Phi) is 5.60. The van der Waals surface area contributed by atoms with E-state index in [1.54, 1.807) is 0 Å². The van der Waals surface area contributed by atoms with Gasteiger partial charge in [-0.2, -0.15) is 0 Å². The SMILES string of the molecule is CC(C)CC(NCCC(=O)NC1CC1)c1ccccc1. The molecule has 0 saturated heterocycles. The molecular weight excluding hydrogens is 248 g/mol. The molecule has 0 spiro atoms. The second-order valence-electron chi connectivity index (χ2n) is 6.14. The van der Waals surface area contributed by atoms with E-state index in [2.05, 4.69) is 48.7 Å². The van der Waals surface area contributed by atoms with E-state index < -0.39 is 0 Å². The van der Waals surface area contributed by atoms with Crippen LogP contribution in [-0.2, 0) is 4.79 Å². The first kappa shape index (κ1) is 15.0. The Morgan fingerprint density at radius 3 is 2.55 bits per heavy atom. The zero-order valence-electron chi connectivity index (χ0n) is 12.6. The summed E-state index contributed by atoms with van der Waals surface area (Å²) in [4.78, 5) is 11.7. The molecule has 0 aliphatic heterocycles. The molecule has 1 aromatic rings. The van der Waals surface area contributed by atoms with E-state index in [0.29, 0.717) is 24.4 Å². The molecule has 2 rings (SSSR count). The predicted octanol–water partition coefficient (Wildman–Crippen LogP) is 3.03. The monoisotopic (exact) mass is 274 g/mol. The standard InChI is InChI=1S/C17H26N2O/c1-13(2)12-16(14-6-4-3-5-7-14)18-11-10-17(20)19-15-8-9-15/h3-7,13,15-16,18H,8-12H2,1-2H3,(H,19,20). The minimum Gasteiger partial charge on any atom is -0.353 e. The molecule has 2 N–H and O–H groups in total. The summed E-state index contributed by atoms with van der Waals surface area (Å²) in [6, 6.07) is 11.3. The molecule has 1 fully saturated rings. The molecule has 3 heteroatoms. The zero-order valence-corrected chi connectivity index (χ0v) is 12.6. The van der Waals surface area contributed by atoms with Crippen molar-refractivity contribution in [3.63, 3.8) is 0 Å². The van der Waals surface area contributed by atoms with Gasteiger partial charge in [-0.3, -0.25) is 4.79 Å². The van der Waals surface area contributed by atoms with E-state index in [-0.39, 0.29) is 5.91 Å². The van der Waals surface area contributed by atoms with Crippen LogP contribution < -0.4 is 10.6 Å². The Labute approximate surface area is 122 Å². The summed E-state index contributed by atoms with van der Waals surface area (Å²) in [5.41, 5.74) is 1.31. The van der Waals surface area contributed by atoms with Crippen LogP contribution in [0.25, 0.3) is 0 Å². The van der Waals surface area contributed by atoms with Gasteiger partial charge in [-0.15, -0.1) is 0 Å². The van der Waals surface area contributed by atoms with Gasteiger partial charge in [0.15, 0.2) is 0 Å². The molecule has 0 aromatic heterocycles. The minimum atomic E-state index is 0.177. The molecule has 1 saturated carbocycles. The van der Waals surface area contributed by atoms with Crippen LogP contribution in [0.3, 0.4) is 0 Å². The van der Waals surface area contributed by atoms with E-state index in [0.717, 1.165) is 25.8 Å². The van der Waals surface area contributed by atoms with Crippen LogP contribution in [0.2, 0.25) is 0 Å². The highest BCUT2D eigenvalue weighted by Crippen LogP contribution is 2.21. The average molecular weight is 274 g/mol. The van der Waals surface area contributed by atoms with Crippen LogP contribution in [0.15, 0.2) is 30.3 Å². The zero-order chi connectivity index (χ0) is 14.4. The Morgan fingerprint density at radius 2 is 1.95 bits per heavy atom. The van der Waals surface area contributed by atoms with E-state index in [1.165, 1.54) is 5.56 Å². The largest absolute Gasteiger partial charge is 0.353 e. The third kappa shape index (κ3) is 5.33. The highest BCUT2D eigenvalue weighted by molar-refractivity contribution is 5.76. The fraction of sp³-hybridized carbons (Fsp3) is 0.588. The topological polar surface area (TPSA) is 41.1 Å². The van der Waals surface area contributed by atoms with Gasteiger partial charge in [0.2, 0.25) is 5.91 Å². The fourth-order valence-corrected chi connectivity index (χ4v) is 2.38. The van der Waals surface area contributed by atoms with E-state index >= 15 is 0 Å². The number of carbonyl (C=O) groups is 1. The Bertz CT molecular complexity index is 412. The lowest BCUT2D eigenvalue weighted by atomic mass is 9.97. The van der Waals surface area contributed by atoms with Crippen molar-refractivity contribution in [1.82, 2.24) is 10.6 Å². The number of rotatable bonds is 8. The molecular formula is C17H26N2O. The number of hydrogen-bond acceptors (Lipinski definition) is 2. The maximum atomic E-state index is 11.7. The Hall–Kier alpha value is -1.35. The van der Waals surface area contributed by atoms with Crippen molar-refractivity contribution in [3.05, 3.63) is 35.9 Å². The van der Waals surface area contributed by atoms with E-state index in [9.17, 15) is 4.79 Å². The number of amides is 1. The predicted molar refractivity (Wildman–Crippen MR) is 82.4 cm³/mol. The molecule has 1 aliphatic rings. The van der Waals surface area contributed by atoms with E-state index in [1.807, 2.05) is 6.07 Å². The Balaban J connectivity index is 1.79. The summed E-state index contributed by atoms with van der Waals surface area (Å²) in [7, 11) is 0. The molecule has 1 amide bonds. The van der Waals surface area contributed by atoms with Crippen LogP contribution in [-0.4, -0.2) is 18.5 Å². The summed E-state index contributed by atoms with van der Waals surface area (Å²) in [5.74, 6) is 0.810. The van der Waals surface area contributed by atoms with Gasteiger partial charge in [0.1, 0.15) is 0 Å². The first-order valence-corrected chi connectivity index (χ1v) is 7.73. The van der Waals surface area contributed by atoms with Crippen molar-refractivity contribution >= 4 is 5.91 Å². The number of nitrogens with one attached hydrogen (secondary N) is 2. The van der Waals surface area contributed by atoms with Gasteiger partial charge in [0.05, 0.1) is 0 Å². The highest BCUT2D eigenvalue weighted by Gasteiger charge is 2.23. The van der Waals surface area contributed by atoms with Gasteiger partial charge in [-0.1, -0.05) is 44.2 Å². The molecule has 110 valence electrons. The quantitative estimate of drug-likeness (QED) is 0.765. The van der Waals surface area contributed by atoms with Crippen molar-refractivity contribution in [1.29, 1.82) is 0 Å². The van der Waals surface area contributed by atoms with Gasteiger partial charge < -0.3 is 10.6 Å². The fourth-order valence-electron chi connectivity index (χ4n) is 2.38. The van der Waals surface area contributed by atoms with Crippen LogP contribution in [0.4, 0.5) is 0 Å². The lowest BCUT2D eigenvalue weighted by molar-refractivity contribution is -0.121. The lowest BCUT2D eigenvalue weighted by Gasteiger charge is -2.21. The first-order valence-electron chi connectivity index (χ1n) is 7.73. The molecule has 3 nitrogen and oxygen atoms in total. The second kappa shape index (κ2) is 7.44. The van der Waals surface area contributed by atoms with Crippen LogP contribution in [0.5, 0.6) is 0 Å². The molecule has 0 heterocycles. The van der Waals surface area contributed by atoms with Gasteiger partial charge in [0, 0.05) is 25.0 Å². The van der Waals surface area contributed by atoms with Gasteiger partial charge in [0.25, 0.3) is 0 Å².